The molecule has 2 saturated heterocycles. The van der Waals surface area contributed by atoms with Crippen LogP contribution in [-0.4, -0.2) is 84.8 Å². The van der Waals surface area contributed by atoms with Crippen molar-refractivity contribution in [2.45, 2.75) is 31.2 Å². The van der Waals surface area contributed by atoms with E-state index in [0.29, 0.717) is 35.7 Å². The maximum Gasteiger partial charge on any atom is 0.338 e. The van der Waals surface area contributed by atoms with Crippen LogP contribution in [0.4, 0.5) is 0 Å². The fourth-order valence-corrected chi connectivity index (χ4v) is 6.63. The minimum atomic E-state index is -0.217. The van der Waals surface area contributed by atoms with Crippen molar-refractivity contribution in [1.82, 2.24) is 35.0 Å². The number of pyridine rings is 1. The Labute approximate surface area is 206 Å². The van der Waals surface area contributed by atoms with Gasteiger partial charge in [-0.2, -0.15) is 16.4 Å². The maximum absolute atomic E-state index is 13.0. The molecule has 11 heteroatoms. The Morgan fingerprint density at radius 3 is 2.91 bits per heavy atom. The number of benzene rings is 1. The number of carbonyl (C=O) groups is 2. The van der Waals surface area contributed by atoms with Crippen LogP contribution < -0.4 is 0 Å². The molecule has 180 valence electrons. The number of piperazine rings is 1. The molecule has 3 aliphatic heterocycles. The molecule has 3 aliphatic rings. The van der Waals surface area contributed by atoms with E-state index >= 15 is 0 Å². The zero-order valence-corrected chi connectivity index (χ0v) is 20.1. The van der Waals surface area contributed by atoms with Crippen molar-refractivity contribution in [3.05, 3.63) is 64.6 Å². The second-order valence-corrected chi connectivity index (χ2v) is 10.4. The first-order valence-corrected chi connectivity index (χ1v) is 12.7. The highest BCUT2D eigenvalue weighted by molar-refractivity contribution is 7.99. The lowest BCUT2D eigenvalue weighted by Gasteiger charge is -2.46. The molecule has 0 saturated carbocycles. The van der Waals surface area contributed by atoms with Crippen molar-refractivity contribution in [2.75, 3.05) is 31.9 Å². The fraction of sp³-hybridized carbons (Fsp3) is 0.417. The van der Waals surface area contributed by atoms with Gasteiger partial charge in [0.05, 0.1) is 12.0 Å². The minimum absolute atomic E-state index is 0.132. The monoisotopic (exact) mass is 491 g/mol. The maximum atomic E-state index is 13.0. The second kappa shape index (κ2) is 9.04. The van der Waals surface area contributed by atoms with Crippen LogP contribution in [0.15, 0.2) is 36.8 Å². The molecule has 0 spiro atoms. The zero-order valence-electron chi connectivity index (χ0n) is 19.3. The number of amides is 1. The molecule has 0 bridgehead atoms. The predicted molar refractivity (Wildman–Crippen MR) is 128 cm³/mol. The number of tetrazole rings is 1. The molecular formula is C24H25N7O3S. The highest BCUT2D eigenvalue weighted by atomic mass is 32.2. The summed E-state index contributed by atoms with van der Waals surface area (Å²) in [6.45, 7) is 5.78. The van der Waals surface area contributed by atoms with Gasteiger partial charge in [0.1, 0.15) is 12.9 Å². The third kappa shape index (κ3) is 4.19. The van der Waals surface area contributed by atoms with E-state index in [2.05, 4.69) is 38.4 Å². The van der Waals surface area contributed by atoms with Crippen LogP contribution in [0.25, 0.3) is 5.82 Å². The van der Waals surface area contributed by atoms with Crippen LogP contribution in [0.3, 0.4) is 0 Å². The van der Waals surface area contributed by atoms with E-state index in [1.165, 1.54) is 22.1 Å². The Morgan fingerprint density at radius 2 is 2.11 bits per heavy atom. The summed E-state index contributed by atoms with van der Waals surface area (Å²) in [6, 6.07) is 8.08. The Kier molecular flexibility index (Phi) is 5.73. The molecule has 5 heterocycles. The molecule has 35 heavy (non-hydrogen) atoms. The summed E-state index contributed by atoms with van der Waals surface area (Å²) in [5.41, 5.74) is 5.09. The van der Waals surface area contributed by atoms with E-state index in [9.17, 15) is 9.59 Å². The molecule has 0 N–H and O–H groups in total. The number of esters is 1. The third-order valence-electron chi connectivity index (χ3n) is 7.15. The molecule has 0 aliphatic carbocycles. The van der Waals surface area contributed by atoms with Gasteiger partial charge in [0.25, 0.3) is 0 Å². The number of rotatable bonds is 4. The summed E-state index contributed by atoms with van der Waals surface area (Å²) in [7, 11) is 0. The quantitative estimate of drug-likeness (QED) is 0.503. The first kappa shape index (κ1) is 22.2. The van der Waals surface area contributed by atoms with Crippen LogP contribution in [-0.2, 0) is 22.6 Å². The number of cyclic esters (lactones) is 1. The van der Waals surface area contributed by atoms with Gasteiger partial charge in [0.2, 0.25) is 5.91 Å². The van der Waals surface area contributed by atoms with Gasteiger partial charge in [0.15, 0.2) is 5.82 Å². The number of hydrogen-bond acceptors (Lipinski definition) is 9. The average molecular weight is 492 g/mol. The molecule has 1 aromatic carbocycles. The Balaban J connectivity index is 1.07. The Morgan fingerprint density at radius 1 is 1.20 bits per heavy atom. The first-order valence-electron chi connectivity index (χ1n) is 11.7. The molecule has 2 fully saturated rings. The SMILES string of the molecule is Cc1c(C2CN3CCN(C(=O)Cc4ccc(-n5cnnn5)nc4)CC3CS2)ccc2c1COC2=O. The van der Waals surface area contributed by atoms with E-state index < -0.39 is 0 Å². The van der Waals surface area contributed by atoms with Crippen molar-refractivity contribution in [3.8, 4) is 5.82 Å². The topological polar surface area (TPSA) is 106 Å². The van der Waals surface area contributed by atoms with Crippen molar-refractivity contribution in [1.29, 1.82) is 0 Å². The molecule has 6 rings (SSSR count). The summed E-state index contributed by atoms with van der Waals surface area (Å²) < 4.78 is 6.71. The van der Waals surface area contributed by atoms with Gasteiger partial charge in [-0.3, -0.25) is 9.69 Å². The van der Waals surface area contributed by atoms with Crippen LogP contribution in [0.2, 0.25) is 0 Å². The van der Waals surface area contributed by atoms with Crippen molar-refractivity contribution in [2.24, 2.45) is 0 Å². The van der Waals surface area contributed by atoms with Crippen molar-refractivity contribution < 1.29 is 14.3 Å². The van der Waals surface area contributed by atoms with E-state index in [4.69, 9.17) is 4.74 Å². The summed E-state index contributed by atoms with van der Waals surface area (Å²) in [4.78, 5) is 33.8. The number of fused-ring (bicyclic) bond motifs is 2. The molecule has 3 aromatic rings. The lowest BCUT2D eigenvalue weighted by atomic mass is 9.96. The molecule has 2 atom stereocenters. The van der Waals surface area contributed by atoms with Crippen molar-refractivity contribution >= 4 is 23.6 Å². The van der Waals surface area contributed by atoms with Gasteiger partial charge >= 0.3 is 5.97 Å². The summed E-state index contributed by atoms with van der Waals surface area (Å²) >= 11 is 1.95. The van der Waals surface area contributed by atoms with Gasteiger partial charge in [-0.15, -0.1) is 5.10 Å². The van der Waals surface area contributed by atoms with Gasteiger partial charge in [-0.1, -0.05) is 12.1 Å². The smallest absolute Gasteiger partial charge is 0.338 e. The summed E-state index contributed by atoms with van der Waals surface area (Å²) in [5.74, 6) is 1.51. The van der Waals surface area contributed by atoms with E-state index in [1.54, 1.807) is 6.20 Å². The van der Waals surface area contributed by atoms with Crippen LogP contribution in [0.1, 0.15) is 37.9 Å². The van der Waals surface area contributed by atoms with Crippen LogP contribution in [0.5, 0.6) is 0 Å². The fourth-order valence-electron chi connectivity index (χ4n) is 5.12. The van der Waals surface area contributed by atoms with Gasteiger partial charge < -0.3 is 9.64 Å². The normalized spacial score (nSPS) is 22.0. The zero-order chi connectivity index (χ0) is 23.9. The number of hydrogen-bond donors (Lipinski definition) is 0. The third-order valence-corrected chi connectivity index (χ3v) is 8.53. The number of nitrogens with zero attached hydrogens (tertiary/aromatic N) is 7. The Hall–Kier alpha value is -3.31. The molecule has 0 radical (unpaired) electrons. The number of aromatic nitrogens is 5. The summed E-state index contributed by atoms with van der Waals surface area (Å²) in [5, 5.41) is 11.4. The average Bonchev–Trinajstić information content (AvgIpc) is 3.55. The minimum Gasteiger partial charge on any atom is -0.457 e. The van der Waals surface area contributed by atoms with Gasteiger partial charge in [0, 0.05) is 55.0 Å². The van der Waals surface area contributed by atoms with Gasteiger partial charge in [-0.05, 0) is 46.2 Å². The van der Waals surface area contributed by atoms with Crippen molar-refractivity contribution in [3.63, 3.8) is 0 Å². The predicted octanol–water partition coefficient (Wildman–Crippen LogP) is 1.58. The molecule has 1 amide bonds. The summed E-state index contributed by atoms with van der Waals surface area (Å²) in [6.07, 6.45) is 3.53. The Bertz CT molecular complexity index is 1260. The van der Waals surface area contributed by atoms with Crippen LogP contribution >= 0.6 is 11.8 Å². The van der Waals surface area contributed by atoms with E-state index in [-0.39, 0.29) is 11.9 Å². The highest BCUT2D eigenvalue weighted by Crippen LogP contribution is 2.40. The standard InChI is InChI=1S/C24H25N7O3S/c1-15-18(3-4-19-20(15)12-34-24(19)33)21-11-29-6-7-30(10-17(29)13-35-21)23(32)8-16-2-5-22(25-9-16)31-14-26-27-28-31/h2-5,9,14,17,21H,6-8,10-13H2,1H3. The molecule has 10 nitrogen and oxygen atoms in total. The lowest BCUT2D eigenvalue weighted by Crippen LogP contribution is -2.58. The van der Waals surface area contributed by atoms with Crippen LogP contribution in [0, 0.1) is 6.92 Å². The second-order valence-electron chi connectivity index (χ2n) is 9.15. The van der Waals surface area contributed by atoms with E-state index in [1.807, 2.05) is 34.9 Å². The number of ether oxygens (including phenoxy) is 1. The lowest BCUT2D eigenvalue weighted by molar-refractivity contribution is -0.133. The molecule has 2 unspecified atom stereocenters. The van der Waals surface area contributed by atoms with E-state index in [0.717, 1.165) is 43.1 Å². The highest BCUT2D eigenvalue weighted by Gasteiger charge is 2.36. The largest absolute Gasteiger partial charge is 0.457 e. The first-order chi connectivity index (χ1) is 17.1. The number of carbonyl (C=O) groups excluding carboxylic acids is 2. The van der Waals surface area contributed by atoms with Gasteiger partial charge in [-0.25, -0.2) is 9.78 Å². The molecule has 2 aromatic heterocycles. The molecular weight excluding hydrogens is 466 g/mol. The number of thioether (sulfide) groups is 1.